The fourth-order valence-corrected chi connectivity index (χ4v) is 1.24. The van der Waals surface area contributed by atoms with Gasteiger partial charge in [-0.1, -0.05) is 19.9 Å². The van der Waals surface area contributed by atoms with E-state index >= 15 is 0 Å². The summed E-state index contributed by atoms with van der Waals surface area (Å²) in [6, 6.07) is 0. The van der Waals surface area contributed by atoms with Gasteiger partial charge in [0.15, 0.2) is 6.29 Å². The molecule has 0 saturated heterocycles. The van der Waals surface area contributed by atoms with Gasteiger partial charge < -0.3 is 14.2 Å². The lowest BCUT2D eigenvalue weighted by atomic mass is 9.94. The summed E-state index contributed by atoms with van der Waals surface area (Å²) < 4.78 is 15.3. The highest BCUT2D eigenvalue weighted by Gasteiger charge is 2.31. The maximum Gasteiger partial charge on any atom is 0.330 e. The van der Waals surface area contributed by atoms with Gasteiger partial charge in [-0.3, -0.25) is 0 Å². The second-order valence-electron chi connectivity index (χ2n) is 3.90. The SMILES string of the molecule is CC=CC(=O)OCC(C)(C)C(OC)OC. The van der Waals surface area contributed by atoms with Crippen molar-refractivity contribution >= 4 is 5.97 Å². The number of ether oxygens (including phenoxy) is 3. The Morgan fingerprint density at radius 3 is 2.27 bits per heavy atom. The zero-order valence-electron chi connectivity index (χ0n) is 10.1. The van der Waals surface area contributed by atoms with Crippen molar-refractivity contribution in [1.29, 1.82) is 0 Å². The van der Waals surface area contributed by atoms with Crippen LogP contribution in [0.5, 0.6) is 0 Å². The van der Waals surface area contributed by atoms with E-state index in [1.807, 2.05) is 13.8 Å². The number of allylic oxidation sites excluding steroid dienone is 1. The van der Waals surface area contributed by atoms with Crippen LogP contribution in [-0.2, 0) is 19.0 Å². The van der Waals surface area contributed by atoms with E-state index < -0.39 is 6.29 Å². The molecule has 0 saturated carbocycles. The smallest absolute Gasteiger partial charge is 0.330 e. The average Bonchev–Trinajstić information content (AvgIpc) is 2.17. The van der Waals surface area contributed by atoms with E-state index in [2.05, 4.69) is 0 Å². The van der Waals surface area contributed by atoms with E-state index in [0.717, 1.165) is 0 Å². The Bertz CT molecular complexity index is 217. The predicted octanol–water partition coefficient (Wildman–Crippen LogP) is 1.75. The molecule has 0 aromatic carbocycles. The maximum atomic E-state index is 11.1. The van der Waals surface area contributed by atoms with Gasteiger partial charge in [0.05, 0.1) is 0 Å². The van der Waals surface area contributed by atoms with Crippen molar-refractivity contribution in [3.63, 3.8) is 0 Å². The molecule has 0 atom stereocenters. The zero-order valence-corrected chi connectivity index (χ0v) is 10.1. The molecule has 0 aromatic heterocycles. The zero-order chi connectivity index (χ0) is 11.9. The van der Waals surface area contributed by atoms with Gasteiger partial charge in [0.25, 0.3) is 0 Å². The fourth-order valence-electron chi connectivity index (χ4n) is 1.24. The minimum atomic E-state index is -0.393. The molecule has 4 nitrogen and oxygen atoms in total. The van der Waals surface area contributed by atoms with Crippen molar-refractivity contribution in [3.05, 3.63) is 12.2 Å². The van der Waals surface area contributed by atoms with Crippen molar-refractivity contribution < 1.29 is 19.0 Å². The monoisotopic (exact) mass is 216 g/mol. The third kappa shape index (κ3) is 4.95. The Labute approximate surface area is 91.2 Å². The lowest BCUT2D eigenvalue weighted by molar-refractivity contribution is -0.186. The van der Waals surface area contributed by atoms with Crippen LogP contribution in [0, 0.1) is 5.41 Å². The van der Waals surface area contributed by atoms with Crippen LogP contribution in [0.1, 0.15) is 20.8 Å². The molecule has 0 N–H and O–H groups in total. The van der Waals surface area contributed by atoms with Crippen molar-refractivity contribution in [3.8, 4) is 0 Å². The second-order valence-corrected chi connectivity index (χ2v) is 3.90. The summed E-state index contributed by atoms with van der Waals surface area (Å²) in [5.41, 5.74) is -0.374. The van der Waals surface area contributed by atoms with E-state index in [-0.39, 0.29) is 18.0 Å². The first kappa shape index (κ1) is 14.1. The summed E-state index contributed by atoms with van der Waals surface area (Å²) in [4.78, 5) is 11.1. The lowest BCUT2D eigenvalue weighted by Gasteiger charge is -2.30. The van der Waals surface area contributed by atoms with E-state index in [0.29, 0.717) is 0 Å². The first-order valence-corrected chi connectivity index (χ1v) is 4.83. The van der Waals surface area contributed by atoms with Gasteiger partial charge in [-0.15, -0.1) is 0 Å². The van der Waals surface area contributed by atoms with E-state index in [4.69, 9.17) is 14.2 Å². The minimum Gasteiger partial charge on any atom is -0.462 e. The van der Waals surface area contributed by atoms with Gasteiger partial charge in [0.2, 0.25) is 0 Å². The summed E-state index contributed by atoms with van der Waals surface area (Å²) in [5.74, 6) is -0.350. The Hall–Kier alpha value is -0.870. The van der Waals surface area contributed by atoms with Crippen molar-refractivity contribution in [1.82, 2.24) is 0 Å². The molecule has 0 aromatic rings. The Morgan fingerprint density at radius 1 is 1.33 bits per heavy atom. The molecular weight excluding hydrogens is 196 g/mol. The molecule has 0 aliphatic heterocycles. The molecule has 0 aliphatic rings. The Balaban J connectivity index is 4.18. The van der Waals surface area contributed by atoms with Crippen molar-refractivity contribution in [2.75, 3.05) is 20.8 Å². The van der Waals surface area contributed by atoms with Crippen LogP contribution in [0.4, 0.5) is 0 Å². The summed E-state index contributed by atoms with van der Waals surface area (Å²) in [7, 11) is 3.12. The number of rotatable bonds is 6. The molecule has 0 fully saturated rings. The molecule has 0 radical (unpaired) electrons. The van der Waals surface area contributed by atoms with Gasteiger partial charge in [0.1, 0.15) is 6.61 Å². The highest BCUT2D eigenvalue weighted by Crippen LogP contribution is 2.23. The number of hydrogen-bond acceptors (Lipinski definition) is 4. The number of esters is 1. The van der Waals surface area contributed by atoms with Crippen molar-refractivity contribution in [2.45, 2.75) is 27.1 Å². The number of hydrogen-bond donors (Lipinski definition) is 0. The van der Waals surface area contributed by atoms with Crippen LogP contribution in [-0.4, -0.2) is 33.1 Å². The molecule has 4 heteroatoms. The van der Waals surface area contributed by atoms with Crippen molar-refractivity contribution in [2.24, 2.45) is 5.41 Å². The van der Waals surface area contributed by atoms with Gasteiger partial charge in [-0.2, -0.15) is 0 Å². The van der Waals surface area contributed by atoms with E-state index in [1.165, 1.54) is 6.08 Å². The summed E-state index contributed by atoms with van der Waals surface area (Å²) >= 11 is 0. The predicted molar refractivity (Wildman–Crippen MR) is 57.4 cm³/mol. The molecule has 0 bridgehead atoms. The van der Waals surface area contributed by atoms with Gasteiger partial charge in [-0.25, -0.2) is 4.79 Å². The number of carbonyl (C=O) groups excluding carboxylic acids is 1. The minimum absolute atomic E-state index is 0.252. The highest BCUT2D eigenvalue weighted by molar-refractivity contribution is 5.81. The fraction of sp³-hybridized carbons (Fsp3) is 0.727. The number of carbonyl (C=O) groups is 1. The average molecular weight is 216 g/mol. The second kappa shape index (κ2) is 6.58. The molecule has 0 heterocycles. The Kier molecular flexibility index (Phi) is 6.20. The third-order valence-electron chi connectivity index (χ3n) is 1.96. The van der Waals surface area contributed by atoms with Crippen LogP contribution in [0.2, 0.25) is 0 Å². The molecule has 0 aliphatic carbocycles. The van der Waals surface area contributed by atoms with Gasteiger partial charge in [0, 0.05) is 25.7 Å². The summed E-state index contributed by atoms with van der Waals surface area (Å²) in [5, 5.41) is 0. The van der Waals surface area contributed by atoms with Crippen LogP contribution < -0.4 is 0 Å². The Morgan fingerprint density at radius 2 is 1.87 bits per heavy atom. The summed E-state index contributed by atoms with van der Waals surface area (Å²) in [6.45, 7) is 5.84. The van der Waals surface area contributed by atoms with Gasteiger partial charge >= 0.3 is 5.97 Å². The lowest BCUT2D eigenvalue weighted by Crippen LogP contribution is -2.37. The first-order chi connectivity index (χ1) is 6.97. The number of methoxy groups -OCH3 is 2. The van der Waals surface area contributed by atoms with Gasteiger partial charge in [-0.05, 0) is 6.92 Å². The third-order valence-corrected chi connectivity index (χ3v) is 1.96. The van der Waals surface area contributed by atoms with Crippen LogP contribution >= 0.6 is 0 Å². The topological polar surface area (TPSA) is 44.8 Å². The van der Waals surface area contributed by atoms with E-state index in [9.17, 15) is 4.79 Å². The first-order valence-electron chi connectivity index (χ1n) is 4.83. The molecular formula is C11H20O4. The van der Waals surface area contributed by atoms with Crippen LogP contribution in [0.3, 0.4) is 0 Å². The quantitative estimate of drug-likeness (QED) is 0.385. The van der Waals surface area contributed by atoms with E-state index in [1.54, 1.807) is 27.2 Å². The van der Waals surface area contributed by atoms with Crippen LogP contribution in [0.25, 0.3) is 0 Å². The maximum absolute atomic E-state index is 11.1. The largest absolute Gasteiger partial charge is 0.462 e. The van der Waals surface area contributed by atoms with Crippen LogP contribution in [0.15, 0.2) is 12.2 Å². The molecule has 0 rings (SSSR count). The highest BCUT2D eigenvalue weighted by atomic mass is 16.7. The summed E-state index contributed by atoms with van der Waals surface area (Å²) in [6.07, 6.45) is 2.63. The normalized spacial score (nSPS) is 12.4. The molecule has 88 valence electrons. The molecule has 0 unspecified atom stereocenters. The molecule has 15 heavy (non-hydrogen) atoms. The standard InChI is InChI=1S/C11H20O4/c1-6-7-9(12)15-8-11(2,3)10(13-4)14-5/h6-7,10H,8H2,1-5H3. The molecule has 0 spiro atoms. The molecule has 0 amide bonds.